The van der Waals surface area contributed by atoms with Gasteiger partial charge in [-0.05, 0) is 43.2 Å². The predicted octanol–water partition coefficient (Wildman–Crippen LogP) is 4.18. The minimum atomic E-state index is -0.341. The molecule has 0 aliphatic rings. The Morgan fingerprint density at radius 1 is 1.08 bits per heavy atom. The van der Waals surface area contributed by atoms with Crippen molar-refractivity contribution in [3.63, 3.8) is 0 Å². The number of amides is 1. The molecule has 0 aliphatic heterocycles. The maximum Gasteiger partial charge on any atom is 0.258 e. The van der Waals surface area contributed by atoms with Gasteiger partial charge in [0.2, 0.25) is 0 Å². The number of hydrogen-bond acceptors (Lipinski definition) is 3. The van der Waals surface area contributed by atoms with Gasteiger partial charge in [0, 0.05) is 0 Å². The predicted molar refractivity (Wildman–Crippen MR) is 96.5 cm³/mol. The van der Waals surface area contributed by atoms with Crippen LogP contribution in [-0.2, 0) is 4.79 Å². The van der Waals surface area contributed by atoms with Gasteiger partial charge < -0.3 is 14.5 Å². The van der Waals surface area contributed by atoms with E-state index >= 15 is 0 Å². The summed E-state index contributed by atoms with van der Waals surface area (Å²) in [4.78, 5) is 12.4. The summed E-state index contributed by atoms with van der Waals surface area (Å²) in [6.45, 7) is 3.95. The van der Waals surface area contributed by atoms with Crippen LogP contribution >= 0.6 is 0 Å². The summed E-state index contributed by atoms with van der Waals surface area (Å²) < 4.78 is 11.2. The van der Waals surface area contributed by atoms with E-state index in [4.69, 9.17) is 9.15 Å². The normalized spacial score (nSPS) is 11.8. The van der Waals surface area contributed by atoms with E-state index < -0.39 is 0 Å². The first-order valence-electron chi connectivity index (χ1n) is 8.21. The van der Waals surface area contributed by atoms with Crippen LogP contribution in [0.25, 0.3) is 0 Å². The molecule has 4 nitrogen and oxygen atoms in total. The van der Waals surface area contributed by atoms with Gasteiger partial charge in [-0.25, -0.2) is 0 Å². The van der Waals surface area contributed by atoms with Gasteiger partial charge >= 0.3 is 0 Å². The number of nitrogens with one attached hydrogen (secondary N) is 1. The SMILES string of the molecule is Cc1ccc(OCC(=O)NC(c2ccccc2)c2ccco2)c(C)c1. The zero-order valence-corrected chi connectivity index (χ0v) is 14.4. The van der Waals surface area contributed by atoms with Gasteiger partial charge in [-0.1, -0.05) is 48.0 Å². The molecule has 1 aromatic heterocycles. The Morgan fingerprint density at radius 2 is 1.88 bits per heavy atom. The molecule has 25 heavy (non-hydrogen) atoms. The molecule has 0 saturated carbocycles. The molecule has 1 amide bonds. The molecule has 0 spiro atoms. The van der Waals surface area contributed by atoms with E-state index in [1.54, 1.807) is 6.26 Å². The molecule has 1 heterocycles. The maximum atomic E-state index is 12.4. The van der Waals surface area contributed by atoms with Crippen LogP contribution in [0.2, 0.25) is 0 Å². The number of carbonyl (C=O) groups excluding carboxylic acids is 1. The standard InChI is InChI=1S/C21H21NO3/c1-15-10-11-18(16(2)13-15)25-14-20(23)22-21(19-9-6-12-24-19)17-7-4-3-5-8-17/h3-13,21H,14H2,1-2H3,(H,22,23). The van der Waals surface area contributed by atoms with Crippen LogP contribution in [-0.4, -0.2) is 12.5 Å². The van der Waals surface area contributed by atoms with Crippen molar-refractivity contribution in [2.75, 3.05) is 6.61 Å². The number of aryl methyl sites for hydroxylation is 2. The third-order valence-corrected chi connectivity index (χ3v) is 3.96. The monoisotopic (exact) mass is 335 g/mol. The lowest BCUT2D eigenvalue weighted by Crippen LogP contribution is -2.33. The van der Waals surface area contributed by atoms with E-state index in [0.29, 0.717) is 5.76 Å². The Hall–Kier alpha value is -3.01. The first-order valence-corrected chi connectivity index (χ1v) is 8.21. The highest BCUT2D eigenvalue weighted by atomic mass is 16.5. The van der Waals surface area contributed by atoms with Crippen molar-refractivity contribution >= 4 is 5.91 Å². The van der Waals surface area contributed by atoms with Gasteiger partial charge in [-0.15, -0.1) is 0 Å². The van der Waals surface area contributed by atoms with E-state index in [0.717, 1.165) is 22.4 Å². The number of benzene rings is 2. The van der Waals surface area contributed by atoms with E-state index in [1.807, 2.05) is 74.5 Å². The number of rotatable bonds is 6. The van der Waals surface area contributed by atoms with Gasteiger partial charge in [0.05, 0.1) is 6.26 Å². The summed E-state index contributed by atoms with van der Waals surface area (Å²) in [6.07, 6.45) is 1.60. The lowest BCUT2D eigenvalue weighted by Gasteiger charge is -2.18. The molecule has 3 aromatic rings. The number of ether oxygens (including phenoxy) is 1. The Bertz CT molecular complexity index is 826. The van der Waals surface area contributed by atoms with E-state index in [2.05, 4.69) is 5.32 Å². The Morgan fingerprint density at radius 3 is 2.56 bits per heavy atom. The van der Waals surface area contributed by atoms with Crippen molar-refractivity contribution < 1.29 is 13.9 Å². The van der Waals surface area contributed by atoms with E-state index in [-0.39, 0.29) is 18.6 Å². The Kier molecular flexibility index (Phi) is 5.19. The molecule has 0 saturated heterocycles. The van der Waals surface area contributed by atoms with Crippen molar-refractivity contribution in [2.24, 2.45) is 0 Å². The fourth-order valence-electron chi connectivity index (χ4n) is 2.73. The smallest absolute Gasteiger partial charge is 0.258 e. The zero-order chi connectivity index (χ0) is 17.6. The fraction of sp³-hybridized carbons (Fsp3) is 0.190. The van der Waals surface area contributed by atoms with Gasteiger partial charge in [0.1, 0.15) is 17.6 Å². The molecular formula is C21H21NO3. The Labute approximate surface area is 147 Å². The minimum Gasteiger partial charge on any atom is -0.484 e. The third-order valence-electron chi connectivity index (χ3n) is 3.96. The summed E-state index contributed by atoms with van der Waals surface area (Å²) in [7, 11) is 0. The average Bonchev–Trinajstić information content (AvgIpc) is 3.14. The molecule has 3 rings (SSSR count). The van der Waals surface area contributed by atoms with Crippen molar-refractivity contribution in [1.82, 2.24) is 5.32 Å². The van der Waals surface area contributed by atoms with Crippen molar-refractivity contribution in [1.29, 1.82) is 0 Å². The van der Waals surface area contributed by atoms with Crippen molar-refractivity contribution in [2.45, 2.75) is 19.9 Å². The van der Waals surface area contributed by atoms with Crippen molar-refractivity contribution in [3.8, 4) is 5.75 Å². The molecule has 2 aromatic carbocycles. The molecule has 1 unspecified atom stereocenters. The molecule has 0 fully saturated rings. The van der Waals surface area contributed by atoms with Crippen LogP contribution in [0.4, 0.5) is 0 Å². The number of hydrogen-bond donors (Lipinski definition) is 1. The summed E-state index contributed by atoms with van der Waals surface area (Å²) in [6, 6.07) is 18.9. The first kappa shape index (κ1) is 16.8. The van der Waals surface area contributed by atoms with Crippen LogP contribution in [0, 0.1) is 13.8 Å². The molecule has 0 bridgehead atoms. The Balaban J connectivity index is 1.68. The van der Waals surface area contributed by atoms with Gasteiger partial charge in [0.15, 0.2) is 6.61 Å². The molecule has 0 aliphatic carbocycles. The highest BCUT2D eigenvalue weighted by Gasteiger charge is 2.19. The average molecular weight is 335 g/mol. The molecule has 1 N–H and O–H groups in total. The van der Waals surface area contributed by atoms with Gasteiger partial charge in [0.25, 0.3) is 5.91 Å². The van der Waals surface area contributed by atoms with E-state index in [1.165, 1.54) is 0 Å². The summed E-state index contributed by atoms with van der Waals surface area (Å²) in [5.41, 5.74) is 3.13. The third kappa shape index (κ3) is 4.29. The van der Waals surface area contributed by atoms with E-state index in [9.17, 15) is 4.79 Å². The quantitative estimate of drug-likeness (QED) is 0.735. The largest absolute Gasteiger partial charge is 0.484 e. The molecular weight excluding hydrogens is 314 g/mol. The lowest BCUT2D eigenvalue weighted by atomic mass is 10.0. The van der Waals surface area contributed by atoms with Crippen LogP contribution in [0.3, 0.4) is 0 Å². The minimum absolute atomic E-state index is 0.0477. The van der Waals surface area contributed by atoms with Gasteiger partial charge in [-0.3, -0.25) is 4.79 Å². The highest BCUT2D eigenvalue weighted by molar-refractivity contribution is 5.78. The highest BCUT2D eigenvalue weighted by Crippen LogP contribution is 2.23. The molecule has 128 valence electrons. The van der Waals surface area contributed by atoms with Crippen LogP contribution in [0.5, 0.6) is 5.75 Å². The second-order valence-corrected chi connectivity index (χ2v) is 5.98. The topological polar surface area (TPSA) is 51.5 Å². The summed E-state index contributed by atoms with van der Waals surface area (Å²) in [5.74, 6) is 1.20. The van der Waals surface area contributed by atoms with Crippen LogP contribution < -0.4 is 10.1 Å². The second kappa shape index (κ2) is 7.71. The second-order valence-electron chi connectivity index (χ2n) is 5.98. The zero-order valence-electron chi connectivity index (χ0n) is 14.4. The summed E-state index contributed by atoms with van der Waals surface area (Å²) >= 11 is 0. The molecule has 0 radical (unpaired) electrons. The number of carbonyl (C=O) groups is 1. The summed E-state index contributed by atoms with van der Waals surface area (Å²) in [5, 5.41) is 2.98. The van der Waals surface area contributed by atoms with Gasteiger partial charge in [-0.2, -0.15) is 0 Å². The molecule has 4 heteroatoms. The molecule has 1 atom stereocenters. The lowest BCUT2D eigenvalue weighted by molar-refractivity contribution is -0.123. The number of furan rings is 1. The first-order chi connectivity index (χ1) is 12.1. The van der Waals surface area contributed by atoms with Crippen LogP contribution in [0.1, 0.15) is 28.5 Å². The maximum absolute atomic E-state index is 12.4. The fourth-order valence-corrected chi connectivity index (χ4v) is 2.73. The van der Waals surface area contributed by atoms with Crippen LogP contribution in [0.15, 0.2) is 71.3 Å². The van der Waals surface area contributed by atoms with Crippen molar-refractivity contribution in [3.05, 3.63) is 89.4 Å².